The molecule has 0 aliphatic rings. The van der Waals surface area contributed by atoms with Crippen LogP contribution in [0.4, 0.5) is 0 Å². The lowest BCUT2D eigenvalue weighted by atomic mass is 10.7. The fourth-order valence-corrected chi connectivity index (χ4v) is 1.07. The zero-order chi connectivity index (χ0) is 6.69. The van der Waals surface area contributed by atoms with Gasteiger partial charge in [0.2, 0.25) is 0 Å². The van der Waals surface area contributed by atoms with E-state index in [2.05, 4.69) is 21.0 Å². The summed E-state index contributed by atoms with van der Waals surface area (Å²) in [5.41, 5.74) is 0. The molecule has 0 spiro atoms. The van der Waals surface area contributed by atoms with Crippen molar-refractivity contribution in [2.24, 2.45) is 0 Å². The summed E-state index contributed by atoms with van der Waals surface area (Å²) in [6, 6.07) is 0. The number of alkyl halides is 1. The summed E-state index contributed by atoms with van der Waals surface area (Å²) in [4.78, 5) is 0. The fraction of sp³-hybridized carbons (Fsp3) is 0.400. The van der Waals surface area contributed by atoms with Crippen LogP contribution < -0.4 is 0 Å². The van der Waals surface area contributed by atoms with Crippen molar-refractivity contribution < 1.29 is 0 Å². The number of hydrogen-bond donors (Lipinski definition) is 0. The molecule has 0 saturated heterocycles. The maximum absolute atomic E-state index is 5.60. The Bertz CT molecular complexity index is 187. The summed E-state index contributed by atoms with van der Waals surface area (Å²) in [6.07, 6.45) is 3.42. The predicted octanol–water partition coefficient (Wildman–Crippen LogP) is 1.93. The second-order valence-electron chi connectivity index (χ2n) is 1.61. The highest BCUT2D eigenvalue weighted by atomic mass is 79.9. The molecule has 0 fully saturated rings. The highest BCUT2D eigenvalue weighted by Gasteiger charge is 1.91. The first-order chi connectivity index (χ1) is 4.33. The fourth-order valence-electron chi connectivity index (χ4n) is 0.547. The van der Waals surface area contributed by atoms with E-state index in [0.717, 1.165) is 11.9 Å². The first kappa shape index (κ1) is 7.09. The van der Waals surface area contributed by atoms with E-state index in [1.807, 2.05) is 0 Å². The molecular weight excluding hydrogens is 203 g/mol. The number of halogens is 2. The van der Waals surface area contributed by atoms with Gasteiger partial charge in [0.15, 0.2) is 0 Å². The monoisotopic (exact) mass is 208 g/mol. The van der Waals surface area contributed by atoms with Crippen LogP contribution in [0.2, 0.25) is 5.02 Å². The van der Waals surface area contributed by atoms with Gasteiger partial charge in [-0.25, -0.2) is 0 Å². The zero-order valence-corrected chi connectivity index (χ0v) is 7.06. The highest BCUT2D eigenvalue weighted by Crippen LogP contribution is 2.04. The SMILES string of the molecule is Clc1cnn(CCBr)c1. The predicted molar refractivity (Wildman–Crippen MR) is 41.0 cm³/mol. The molecule has 0 N–H and O–H groups in total. The van der Waals surface area contributed by atoms with Crippen LogP contribution in [0.25, 0.3) is 0 Å². The van der Waals surface area contributed by atoms with Crippen molar-refractivity contribution in [3.05, 3.63) is 17.4 Å². The van der Waals surface area contributed by atoms with Gasteiger partial charge < -0.3 is 0 Å². The van der Waals surface area contributed by atoms with Gasteiger partial charge in [0.25, 0.3) is 0 Å². The van der Waals surface area contributed by atoms with Gasteiger partial charge in [-0.1, -0.05) is 27.5 Å². The third-order valence-corrected chi connectivity index (χ3v) is 1.47. The molecule has 0 bridgehead atoms. The lowest BCUT2D eigenvalue weighted by Gasteiger charge is -1.92. The Morgan fingerprint density at radius 1 is 1.78 bits per heavy atom. The van der Waals surface area contributed by atoms with Crippen LogP contribution in [0, 0.1) is 0 Å². The van der Waals surface area contributed by atoms with Gasteiger partial charge in [-0.3, -0.25) is 4.68 Å². The largest absolute Gasteiger partial charge is 0.270 e. The Kier molecular flexibility index (Phi) is 2.54. The van der Waals surface area contributed by atoms with E-state index < -0.39 is 0 Å². The Labute approximate surface area is 66.9 Å². The minimum Gasteiger partial charge on any atom is -0.270 e. The molecule has 1 aromatic heterocycles. The maximum Gasteiger partial charge on any atom is 0.0785 e. The number of aryl methyl sites for hydroxylation is 1. The molecule has 0 saturated carbocycles. The second-order valence-corrected chi connectivity index (χ2v) is 2.84. The standard InChI is InChI=1S/C5H6BrClN2/c6-1-2-9-4-5(7)3-8-9/h3-4H,1-2H2. The summed E-state index contributed by atoms with van der Waals surface area (Å²) in [6.45, 7) is 0.868. The average Bonchev–Trinajstić information content (AvgIpc) is 2.17. The van der Waals surface area contributed by atoms with Crippen LogP contribution in [0.15, 0.2) is 12.4 Å². The molecular formula is C5H6BrClN2. The molecule has 0 amide bonds. The molecule has 9 heavy (non-hydrogen) atoms. The lowest BCUT2D eigenvalue weighted by Crippen LogP contribution is -1.97. The summed E-state index contributed by atoms with van der Waals surface area (Å²) in [5.74, 6) is 0. The van der Waals surface area contributed by atoms with Gasteiger partial charge in [-0.2, -0.15) is 5.10 Å². The molecule has 1 rings (SSSR count). The van der Waals surface area contributed by atoms with E-state index in [-0.39, 0.29) is 0 Å². The maximum atomic E-state index is 5.60. The molecule has 4 heteroatoms. The Balaban J connectivity index is 2.61. The second kappa shape index (κ2) is 3.22. The smallest absolute Gasteiger partial charge is 0.0785 e. The molecule has 0 aromatic carbocycles. The van der Waals surface area contributed by atoms with E-state index in [0.29, 0.717) is 5.02 Å². The molecule has 0 unspecified atom stereocenters. The summed E-state index contributed by atoms with van der Waals surface area (Å²) >= 11 is 8.89. The third kappa shape index (κ3) is 1.99. The molecule has 0 radical (unpaired) electrons. The van der Waals surface area contributed by atoms with Gasteiger partial charge in [-0.15, -0.1) is 0 Å². The quantitative estimate of drug-likeness (QED) is 0.681. The topological polar surface area (TPSA) is 17.8 Å². The van der Waals surface area contributed by atoms with Crippen molar-refractivity contribution in [3.8, 4) is 0 Å². The summed E-state index contributed by atoms with van der Waals surface area (Å²) in [5, 5.41) is 5.56. The molecule has 1 heterocycles. The van der Waals surface area contributed by atoms with E-state index in [4.69, 9.17) is 11.6 Å². The zero-order valence-electron chi connectivity index (χ0n) is 4.72. The highest BCUT2D eigenvalue weighted by molar-refractivity contribution is 9.09. The Morgan fingerprint density at radius 2 is 2.56 bits per heavy atom. The lowest BCUT2D eigenvalue weighted by molar-refractivity contribution is 0.669. The van der Waals surface area contributed by atoms with E-state index in [1.165, 1.54) is 0 Å². The molecule has 0 aliphatic carbocycles. The van der Waals surface area contributed by atoms with Crippen LogP contribution in [0.3, 0.4) is 0 Å². The van der Waals surface area contributed by atoms with Crippen molar-refractivity contribution in [2.75, 3.05) is 5.33 Å². The van der Waals surface area contributed by atoms with Crippen molar-refractivity contribution >= 4 is 27.5 Å². The van der Waals surface area contributed by atoms with Crippen molar-refractivity contribution in [1.82, 2.24) is 9.78 Å². The van der Waals surface area contributed by atoms with Crippen molar-refractivity contribution in [2.45, 2.75) is 6.54 Å². The van der Waals surface area contributed by atoms with E-state index in [1.54, 1.807) is 17.1 Å². The molecule has 1 aromatic rings. The van der Waals surface area contributed by atoms with Crippen molar-refractivity contribution in [1.29, 1.82) is 0 Å². The molecule has 0 atom stereocenters. The third-order valence-electron chi connectivity index (χ3n) is 0.915. The van der Waals surface area contributed by atoms with Gasteiger partial charge in [0, 0.05) is 11.5 Å². The molecule has 0 aliphatic heterocycles. The number of rotatable bonds is 2. The molecule has 50 valence electrons. The van der Waals surface area contributed by atoms with Crippen LogP contribution in [-0.4, -0.2) is 15.1 Å². The summed E-state index contributed by atoms with van der Waals surface area (Å²) in [7, 11) is 0. The van der Waals surface area contributed by atoms with Gasteiger partial charge in [0.05, 0.1) is 17.8 Å². The Morgan fingerprint density at radius 3 is 3.00 bits per heavy atom. The van der Waals surface area contributed by atoms with E-state index >= 15 is 0 Å². The number of aromatic nitrogens is 2. The van der Waals surface area contributed by atoms with E-state index in [9.17, 15) is 0 Å². The van der Waals surface area contributed by atoms with Crippen LogP contribution in [0.1, 0.15) is 0 Å². The van der Waals surface area contributed by atoms with Gasteiger partial charge in [0.1, 0.15) is 0 Å². The minimum atomic E-state index is 0.691. The van der Waals surface area contributed by atoms with Crippen LogP contribution >= 0.6 is 27.5 Å². The first-order valence-electron chi connectivity index (χ1n) is 2.57. The van der Waals surface area contributed by atoms with Crippen LogP contribution in [-0.2, 0) is 6.54 Å². The first-order valence-corrected chi connectivity index (χ1v) is 4.07. The summed E-state index contributed by atoms with van der Waals surface area (Å²) < 4.78 is 1.79. The molecule has 2 nitrogen and oxygen atoms in total. The number of nitrogens with zero attached hydrogens (tertiary/aromatic N) is 2. The van der Waals surface area contributed by atoms with Crippen molar-refractivity contribution in [3.63, 3.8) is 0 Å². The normalized spacial score (nSPS) is 10.0. The van der Waals surface area contributed by atoms with Gasteiger partial charge in [-0.05, 0) is 0 Å². The van der Waals surface area contributed by atoms with Crippen LogP contribution in [0.5, 0.6) is 0 Å². The Hall–Kier alpha value is -0.0200. The number of hydrogen-bond acceptors (Lipinski definition) is 1. The minimum absolute atomic E-state index is 0.691. The average molecular weight is 209 g/mol. The van der Waals surface area contributed by atoms with Gasteiger partial charge >= 0.3 is 0 Å².